The smallest absolute Gasteiger partial charge is 0.162 e. The maximum absolute atomic E-state index is 5.82. The van der Waals surface area contributed by atoms with Gasteiger partial charge in [-0.1, -0.05) is 11.6 Å². The summed E-state index contributed by atoms with van der Waals surface area (Å²) in [6.07, 6.45) is 4.42. The summed E-state index contributed by atoms with van der Waals surface area (Å²) >= 11 is 5.82. The summed E-state index contributed by atoms with van der Waals surface area (Å²) < 4.78 is 7.63. The summed E-state index contributed by atoms with van der Waals surface area (Å²) in [4.78, 5) is 0. The Morgan fingerprint density at radius 1 is 1.47 bits per heavy atom. The molecular weight excluding hydrogens is 238 g/mol. The molecule has 1 aliphatic heterocycles. The molecule has 5 heteroatoms. The van der Waals surface area contributed by atoms with Crippen LogP contribution < -0.4 is 0 Å². The number of rotatable bonds is 2. The van der Waals surface area contributed by atoms with Gasteiger partial charge in [-0.15, -0.1) is 10.2 Å². The van der Waals surface area contributed by atoms with Gasteiger partial charge in [0.25, 0.3) is 0 Å². The molecule has 0 N–H and O–H groups in total. The van der Waals surface area contributed by atoms with Crippen LogP contribution >= 0.6 is 11.6 Å². The zero-order chi connectivity index (χ0) is 11.7. The minimum atomic E-state index is 0.441. The maximum Gasteiger partial charge on any atom is 0.162 e. The van der Waals surface area contributed by atoms with Crippen molar-refractivity contribution >= 4 is 22.6 Å². The average Bonchev–Trinajstić information content (AvgIpc) is 2.73. The van der Waals surface area contributed by atoms with E-state index in [1.165, 1.54) is 6.42 Å². The van der Waals surface area contributed by atoms with Crippen molar-refractivity contribution in [1.82, 2.24) is 14.8 Å². The number of hydrogen-bond donors (Lipinski definition) is 0. The van der Waals surface area contributed by atoms with E-state index in [1.807, 2.05) is 18.3 Å². The largest absolute Gasteiger partial charge is 0.381 e. The fraction of sp³-hybridized carbons (Fsp3) is 0.500. The van der Waals surface area contributed by atoms with Gasteiger partial charge in [-0.05, 0) is 25.0 Å². The van der Waals surface area contributed by atoms with E-state index >= 15 is 0 Å². The monoisotopic (exact) mass is 251 g/mol. The quantitative estimate of drug-likeness (QED) is 0.823. The van der Waals surface area contributed by atoms with Gasteiger partial charge in [0, 0.05) is 30.7 Å². The molecule has 3 rings (SSSR count). The molecule has 0 amide bonds. The molecule has 0 aliphatic carbocycles. The van der Waals surface area contributed by atoms with Crippen LogP contribution in [0.3, 0.4) is 0 Å². The highest BCUT2D eigenvalue weighted by Gasteiger charge is 2.15. The molecule has 0 aromatic carbocycles. The van der Waals surface area contributed by atoms with E-state index in [4.69, 9.17) is 16.3 Å². The van der Waals surface area contributed by atoms with Crippen LogP contribution in [-0.2, 0) is 11.3 Å². The zero-order valence-corrected chi connectivity index (χ0v) is 10.2. The Balaban J connectivity index is 1.84. The Morgan fingerprint density at radius 2 is 2.41 bits per heavy atom. The molecule has 0 radical (unpaired) electrons. The Labute approximate surface area is 105 Å². The Bertz CT molecular complexity index is 519. The van der Waals surface area contributed by atoms with Crippen LogP contribution in [0.25, 0.3) is 11.0 Å². The molecule has 0 bridgehead atoms. The first kappa shape index (κ1) is 11.0. The van der Waals surface area contributed by atoms with Crippen LogP contribution in [0.5, 0.6) is 0 Å². The van der Waals surface area contributed by atoms with Crippen LogP contribution in [0.15, 0.2) is 18.3 Å². The van der Waals surface area contributed by atoms with Gasteiger partial charge in [0.15, 0.2) is 10.8 Å². The van der Waals surface area contributed by atoms with E-state index in [0.717, 1.165) is 37.2 Å². The van der Waals surface area contributed by atoms with E-state index in [0.29, 0.717) is 11.1 Å². The molecule has 1 unspecified atom stereocenters. The minimum Gasteiger partial charge on any atom is -0.381 e. The Kier molecular flexibility index (Phi) is 2.99. The van der Waals surface area contributed by atoms with Crippen molar-refractivity contribution in [2.24, 2.45) is 5.92 Å². The van der Waals surface area contributed by atoms with Gasteiger partial charge in [0.1, 0.15) is 0 Å². The molecule has 1 fully saturated rings. The highest BCUT2D eigenvalue weighted by molar-refractivity contribution is 6.29. The number of ether oxygens (including phenoxy) is 1. The fourth-order valence-electron chi connectivity index (χ4n) is 2.34. The molecule has 17 heavy (non-hydrogen) atoms. The highest BCUT2D eigenvalue weighted by atomic mass is 35.5. The van der Waals surface area contributed by atoms with Crippen molar-refractivity contribution < 1.29 is 4.74 Å². The highest BCUT2D eigenvalue weighted by Crippen LogP contribution is 2.20. The predicted molar refractivity (Wildman–Crippen MR) is 66.1 cm³/mol. The van der Waals surface area contributed by atoms with Crippen molar-refractivity contribution in [3.63, 3.8) is 0 Å². The SMILES string of the molecule is Clc1cc2ccn(CC3CCCOC3)c2nn1. The van der Waals surface area contributed by atoms with Crippen LogP contribution in [0.4, 0.5) is 0 Å². The lowest BCUT2D eigenvalue weighted by molar-refractivity contribution is 0.0488. The van der Waals surface area contributed by atoms with Gasteiger partial charge in [-0.2, -0.15) is 0 Å². The zero-order valence-electron chi connectivity index (χ0n) is 9.47. The van der Waals surface area contributed by atoms with E-state index in [-0.39, 0.29) is 0 Å². The van der Waals surface area contributed by atoms with Crippen molar-refractivity contribution in [3.8, 4) is 0 Å². The molecular formula is C12H14ClN3O. The van der Waals surface area contributed by atoms with Crippen molar-refractivity contribution in [2.45, 2.75) is 19.4 Å². The maximum atomic E-state index is 5.82. The molecule has 3 heterocycles. The van der Waals surface area contributed by atoms with Gasteiger partial charge in [-0.3, -0.25) is 0 Å². The lowest BCUT2D eigenvalue weighted by atomic mass is 10.0. The summed E-state index contributed by atoms with van der Waals surface area (Å²) in [7, 11) is 0. The molecule has 1 atom stereocenters. The van der Waals surface area contributed by atoms with Crippen molar-refractivity contribution in [2.75, 3.05) is 13.2 Å². The van der Waals surface area contributed by atoms with E-state index in [1.54, 1.807) is 0 Å². The summed E-state index contributed by atoms with van der Waals surface area (Å²) in [5, 5.41) is 9.53. The predicted octanol–water partition coefficient (Wildman–Crippen LogP) is 2.51. The molecule has 0 spiro atoms. The van der Waals surface area contributed by atoms with Gasteiger partial charge in [0.05, 0.1) is 6.61 Å². The first-order valence-electron chi connectivity index (χ1n) is 5.89. The second kappa shape index (κ2) is 4.63. The third-order valence-corrected chi connectivity index (χ3v) is 3.37. The second-order valence-electron chi connectivity index (χ2n) is 4.50. The summed E-state index contributed by atoms with van der Waals surface area (Å²) in [5.41, 5.74) is 0.903. The standard InChI is InChI=1S/C12H14ClN3O/c13-11-6-10-3-4-16(12(10)15-14-11)7-9-2-1-5-17-8-9/h3-4,6,9H,1-2,5,7-8H2. The topological polar surface area (TPSA) is 39.9 Å². The molecule has 1 aliphatic rings. The van der Waals surface area contributed by atoms with Crippen LogP contribution in [0, 0.1) is 5.92 Å². The molecule has 90 valence electrons. The lowest BCUT2D eigenvalue weighted by Crippen LogP contribution is -2.21. The van der Waals surface area contributed by atoms with E-state index in [9.17, 15) is 0 Å². The molecule has 2 aromatic rings. The Hall–Kier alpha value is -1.13. The molecule has 0 saturated carbocycles. The third kappa shape index (κ3) is 2.28. The number of aromatic nitrogens is 3. The fourth-order valence-corrected chi connectivity index (χ4v) is 2.49. The van der Waals surface area contributed by atoms with Crippen LogP contribution in [0.1, 0.15) is 12.8 Å². The number of fused-ring (bicyclic) bond motifs is 1. The van der Waals surface area contributed by atoms with E-state index < -0.39 is 0 Å². The second-order valence-corrected chi connectivity index (χ2v) is 4.88. The third-order valence-electron chi connectivity index (χ3n) is 3.19. The van der Waals surface area contributed by atoms with Crippen LogP contribution in [0.2, 0.25) is 5.15 Å². The Morgan fingerprint density at radius 3 is 3.24 bits per heavy atom. The number of halogens is 1. The molecule has 4 nitrogen and oxygen atoms in total. The van der Waals surface area contributed by atoms with Gasteiger partial charge < -0.3 is 9.30 Å². The summed E-state index contributed by atoms with van der Waals surface area (Å²) in [6, 6.07) is 3.87. The van der Waals surface area contributed by atoms with Gasteiger partial charge in [-0.25, -0.2) is 0 Å². The number of hydrogen-bond acceptors (Lipinski definition) is 3. The first-order valence-corrected chi connectivity index (χ1v) is 6.26. The number of nitrogens with zero attached hydrogens (tertiary/aromatic N) is 3. The first-order chi connectivity index (χ1) is 8.33. The van der Waals surface area contributed by atoms with Crippen molar-refractivity contribution in [3.05, 3.63) is 23.5 Å². The lowest BCUT2D eigenvalue weighted by Gasteiger charge is -2.22. The summed E-state index contributed by atoms with van der Waals surface area (Å²) in [5.74, 6) is 0.580. The van der Waals surface area contributed by atoms with Crippen molar-refractivity contribution in [1.29, 1.82) is 0 Å². The van der Waals surface area contributed by atoms with Crippen LogP contribution in [-0.4, -0.2) is 28.0 Å². The average molecular weight is 252 g/mol. The normalized spacial score (nSPS) is 20.9. The minimum absolute atomic E-state index is 0.441. The van der Waals surface area contributed by atoms with Gasteiger partial charge >= 0.3 is 0 Å². The molecule has 1 saturated heterocycles. The van der Waals surface area contributed by atoms with Gasteiger partial charge in [0.2, 0.25) is 0 Å². The van der Waals surface area contributed by atoms with E-state index in [2.05, 4.69) is 14.8 Å². The molecule has 2 aromatic heterocycles. The summed E-state index contributed by atoms with van der Waals surface area (Å²) in [6.45, 7) is 2.69.